The Morgan fingerprint density at radius 3 is 2.23 bits per heavy atom. The highest BCUT2D eigenvalue weighted by Gasteiger charge is 2.46. The lowest BCUT2D eigenvalue weighted by Gasteiger charge is -2.19. The predicted octanol–water partition coefficient (Wildman–Crippen LogP) is 2.90. The fourth-order valence-corrected chi connectivity index (χ4v) is 3.79. The molecule has 1 N–H and O–H groups in total. The van der Waals surface area contributed by atoms with Crippen LogP contribution in [0.1, 0.15) is 49.8 Å². The SMILES string of the molecule is CC[C@H](NC(=O)CCN1C(=O)[C@H]2CC=CC[C@H]2C1=O)c1ccc(C)cc1. The van der Waals surface area contributed by atoms with Gasteiger partial charge in [0.15, 0.2) is 0 Å². The van der Waals surface area contributed by atoms with Crippen LogP contribution >= 0.6 is 0 Å². The van der Waals surface area contributed by atoms with E-state index in [0.29, 0.717) is 12.8 Å². The quantitative estimate of drug-likeness (QED) is 0.631. The Balaban J connectivity index is 1.56. The summed E-state index contributed by atoms with van der Waals surface area (Å²) in [5, 5.41) is 3.02. The van der Waals surface area contributed by atoms with Crippen LogP contribution in [0.4, 0.5) is 0 Å². The fourth-order valence-electron chi connectivity index (χ4n) is 3.79. The predicted molar refractivity (Wildman–Crippen MR) is 99.0 cm³/mol. The number of hydrogen-bond donors (Lipinski definition) is 1. The number of fused-ring (bicyclic) bond motifs is 1. The van der Waals surface area contributed by atoms with Gasteiger partial charge in [-0.3, -0.25) is 19.3 Å². The molecule has 3 rings (SSSR count). The van der Waals surface area contributed by atoms with Crippen LogP contribution in [0.15, 0.2) is 36.4 Å². The van der Waals surface area contributed by atoms with Crippen LogP contribution < -0.4 is 5.32 Å². The smallest absolute Gasteiger partial charge is 0.233 e. The highest BCUT2D eigenvalue weighted by molar-refractivity contribution is 6.05. The number of aryl methyl sites for hydroxylation is 1. The van der Waals surface area contributed by atoms with Crippen LogP contribution in [-0.2, 0) is 14.4 Å². The van der Waals surface area contributed by atoms with Gasteiger partial charge < -0.3 is 5.32 Å². The molecule has 1 fully saturated rings. The van der Waals surface area contributed by atoms with Gasteiger partial charge in [-0.25, -0.2) is 0 Å². The van der Waals surface area contributed by atoms with E-state index < -0.39 is 0 Å². The van der Waals surface area contributed by atoms with Gasteiger partial charge in [-0.1, -0.05) is 48.9 Å². The van der Waals surface area contributed by atoms with E-state index in [1.807, 2.05) is 50.3 Å². The van der Waals surface area contributed by atoms with Gasteiger partial charge >= 0.3 is 0 Å². The lowest BCUT2D eigenvalue weighted by Crippen LogP contribution is -2.36. The highest BCUT2D eigenvalue weighted by atomic mass is 16.2. The topological polar surface area (TPSA) is 66.5 Å². The molecule has 0 saturated carbocycles. The monoisotopic (exact) mass is 354 g/mol. The Morgan fingerprint density at radius 1 is 1.12 bits per heavy atom. The summed E-state index contributed by atoms with van der Waals surface area (Å²) in [5.74, 6) is -0.838. The summed E-state index contributed by atoms with van der Waals surface area (Å²) >= 11 is 0. The molecule has 3 amide bonds. The third kappa shape index (κ3) is 3.71. The first kappa shape index (κ1) is 18.4. The number of amides is 3. The Bertz CT molecular complexity index is 697. The third-order valence-electron chi connectivity index (χ3n) is 5.38. The van der Waals surface area contributed by atoms with Crippen LogP contribution in [-0.4, -0.2) is 29.2 Å². The molecular weight excluding hydrogens is 328 g/mol. The molecule has 1 aliphatic heterocycles. The van der Waals surface area contributed by atoms with Gasteiger partial charge in [-0.2, -0.15) is 0 Å². The summed E-state index contributed by atoms with van der Waals surface area (Å²) in [6.07, 6.45) is 6.12. The molecule has 5 heteroatoms. The number of hydrogen-bond acceptors (Lipinski definition) is 3. The maximum atomic E-state index is 12.4. The van der Waals surface area contributed by atoms with Crippen molar-refractivity contribution in [3.8, 4) is 0 Å². The van der Waals surface area contributed by atoms with Gasteiger partial charge in [-0.05, 0) is 31.7 Å². The number of imide groups is 1. The normalized spacial score (nSPS) is 23.1. The zero-order valence-electron chi connectivity index (χ0n) is 15.4. The van der Waals surface area contributed by atoms with Gasteiger partial charge in [0.1, 0.15) is 0 Å². The first-order valence-electron chi connectivity index (χ1n) is 9.37. The molecule has 0 unspecified atom stereocenters. The summed E-state index contributed by atoms with van der Waals surface area (Å²) < 4.78 is 0. The van der Waals surface area contributed by atoms with Crippen LogP contribution in [0.3, 0.4) is 0 Å². The minimum atomic E-state index is -0.230. The van der Waals surface area contributed by atoms with Gasteiger partial charge in [0.2, 0.25) is 17.7 Å². The molecule has 0 bridgehead atoms. The lowest BCUT2D eigenvalue weighted by atomic mass is 9.85. The maximum absolute atomic E-state index is 12.4. The number of benzene rings is 1. The van der Waals surface area contributed by atoms with E-state index in [1.54, 1.807) is 0 Å². The molecule has 1 aromatic carbocycles. The van der Waals surface area contributed by atoms with E-state index >= 15 is 0 Å². The van der Waals surface area contributed by atoms with Crippen molar-refractivity contribution in [2.75, 3.05) is 6.54 Å². The van der Waals surface area contributed by atoms with Crippen molar-refractivity contribution >= 4 is 17.7 Å². The van der Waals surface area contributed by atoms with E-state index in [9.17, 15) is 14.4 Å². The summed E-state index contributed by atoms with van der Waals surface area (Å²) in [7, 11) is 0. The zero-order valence-corrected chi connectivity index (χ0v) is 15.4. The second-order valence-electron chi connectivity index (χ2n) is 7.17. The summed E-state index contributed by atoms with van der Waals surface area (Å²) in [5.41, 5.74) is 2.24. The molecule has 0 spiro atoms. The van der Waals surface area contributed by atoms with E-state index in [4.69, 9.17) is 0 Å². The Hall–Kier alpha value is -2.43. The average Bonchev–Trinajstić information content (AvgIpc) is 2.90. The largest absolute Gasteiger partial charge is 0.349 e. The molecule has 2 aliphatic rings. The van der Waals surface area contributed by atoms with E-state index in [-0.39, 0.29) is 48.6 Å². The van der Waals surface area contributed by atoms with E-state index in [0.717, 1.165) is 12.0 Å². The highest BCUT2D eigenvalue weighted by Crippen LogP contribution is 2.35. The maximum Gasteiger partial charge on any atom is 0.233 e. The number of carbonyl (C=O) groups excluding carboxylic acids is 3. The minimum Gasteiger partial charge on any atom is -0.349 e. The van der Waals surface area contributed by atoms with Crippen LogP contribution in [0.25, 0.3) is 0 Å². The van der Waals surface area contributed by atoms with Crippen molar-refractivity contribution in [3.05, 3.63) is 47.5 Å². The summed E-state index contributed by atoms with van der Waals surface area (Å²) in [6.45, 7) is 4.22. The van der Waals surface area contributed by atoms with E-state index in [1.165, 1.54) is 10.5 Å². The molecule has 5 nitrogen and oxygen atoms in total. The number of nitrogens with one attached hydrogen (secondary N) is 1. The minimum absolute atomic E-state index is 0.0557. The molecule has 26 heavy (non-hydrogen) atoms. The molecule has 0 radical (unpaired) electrons. The zero-order chi connectivity index (χ0) is 18.7. The summed E-state index contributed by atoms with van der Waals surface area (Å²) in [6, 6.07) is 8.05. The molecule has 138 valence electrons. The van der Waals surface area contributed by atoms with Crippen molar-refractivity contribution in [2.45, 2.75) is 45.6 Å². The number of likely N-dealkylation sites (tertiary alicyclic amines) is 1. The second-order valence-corrected chi connectivity index (χ2v) is 7.17. The number of carbonyl (C=O) groups is 3. The first-order valence-corrected chi connectivity index (χ1v) is 9.37. The molecule has 0 aromatic heterocycles. The molecule has 1 aromatic rings. The molecular formula is C21H26N2O3. The standard InChI is InChI=1S/C21H26N2O3/c1-3-18(15-10-8-14(2)9-11-15)22-19(24)12-13-23-20(25)16-6-4-5-7-17(16)21(23)26/h4-5,8-11,16-18H,3,6-7,12-13H2,1-2H3,(H,22,24)/t16-,17+,18-/m0/s1. The van der Waals surface area contributed by atoms with Crippen LogP contribution in [0.2, 0.25) is 0 Å². The van der Waals surface area contributed by atoms with E-state index in [2.05, 4.69) is 5.32 Å². The Labute approximate surface area is 154 Å². The van der Waals surface area contributed by atoms with Crippen molar-refractivity contribution in [2.24, 2.45) is 11.8 Å². The van der Waals surface area contributed by atoms with Crippen molar-refractivity contribution < 1.29 is 14.4 Å². The number of nitrogens with zero attached hydrogens (tertiary/aromatic N) is 1. The van der Waals surface area contributed by atoms with Gasteiger partial charge in [0, 0.05) is 13.0 Å². The van der Waals surface area contributed by atoms with Crippen LogP contribution in [0, 0.1) is 18.8 Å². The van der Waals surface area contributed by atoms with Crippen LogP contribution in [0.5, 0.6) is 0 Å². The Morgan fingerprint density at radius 2 is 1.69 bits per heavy atom. The molecule has 1 saturated heterocycles. The fraction of sp³-hybridized carbons (Fsp3) is 0.476. The molecule has 3 atom stereocenters. The Kier molecular flexibility index (Phi) is 5.55. The van der Waals surface area contributed by atoms with Gasteiger partial charge in [-0.15, -0.1) is 0 Å². The average molecular weight is 354 g/mol. The second kappa shape index (κ2) is 7.85. The number of allylic oxidation sites excluding steroid dienone is 2. The third-order valence-corrected chi connectivity index (χ3v) is 5.38. The van der Waals surface area contributed by atoms with Crippen molar-refractivity contribution in [3.63, 3.8) is 0 Å². The first-order chi connectivity index (χ1) is 12.5. The van der Waals surface area contributed by atoms with Gasteiger partial charge in [0.25, 0.3) is 0 Å². The lowest BCUT2D eigenvalue weighted by molar-refractivity contribution is -0.140. The summed E-state index contributed by atoms with van der Waals surface area (Å²) in [4.78, 5) is 38.5. The van der Waals surface area contributed by atoms with Crippen molar-refractivity contribution in [1.29, 1.82) is 0 Å². The van der Waals surface area contributed by atoms with Gasteiger partial charge in [0.05, 0.1) is 17.9 Å². The number of rotatable bonds is 6. The molecule has 1 heterocycles. The molecule has 1 aliphatic carbocycles. The van der Waals surface area contributed by atoms with Crippen molar-refractivity contribution in [1.82, 2.24) is 10.2 Å².